The Labute approximate surface area is 113 Å². The normalized spacial score (nSPS) is 14.5. The van der Waals surface area contributed by atoms with Crippen molar-refractivity contribution in [3.8, 4) is 6.07 Å². The molecule has 0 aliphatic heterocycles. The van der Waals surface area contributed by atoms with E-state index in [1.807, 2.05) is 12.1 Å². The molecule has 6 heteroatoms. The molecular weight excluding hydrogens is 262 g/mol. The number of fused-ring (bicyclic) bond motifs is 1. The summed E-state index contributed by atoms with van der Waals surface area (Å²) in [6.07, 6.45) is 2.17. The van der Waals surface area contributed by atoms with E-state index < -0.39 is 5.97 Å². The summed E-state index contributed by atoms with van der Waals surface area (Å²) in [5, 5.41) is 18.5. The van der Waals surface area contributed by atoms with E-state index in [4.69, 9.17) is 10.4 Å². The van der Waals surface area contributed by atoms with Crippen LogP contribution in [0, 0.1) is 11.3 Å². The lowest BCUT2D eigenvalue weighted by atomic mass is 10.2. The minimum absolute atomic E-state index is 0.00114. The summed E-state index contributed by atoms with van der Waals surface area (Å²) in [4.78, 5) is 15.2. The SMILES string of the molecule is N#Cc1ccc2nc(SCC(=O)O)n(C3CC3)c2c1. The van der Waals surface area contributed by atoms with Gasteiger partial charge in [0.25, 0.3) is 0 Å². The highest BCUT2D eigenvalue weighted by Crippen LogP contribution is 2.41. The zero-order chi connectivity index (χ0) is 13.4. The number of thioether (sulfide) groups is 1. The third kappa shape index (κ3) is 2.29. The van der Waals surface area contributed by atoms with Gasteiger partial charge in [-0.25, -0.2) is 4.98 Å². The number of imidazole rings is 1. The van der Waals surface area contributed by atoms with Gasteiger partial charge in [0, 0.05) is 6.04 Å². The number of carbonyl (C=O) groups is 1. The molecule has 0 bridgehead atoms. The van der Waals surface area contributed by atoms with E-state index in [0.29, 0.717) is 11.6 Å². The maximum absolute atomic E-state index is 10.7. The van der Waals surface area contributed by atoms with Gasteiger partial charge in [-0.2, -0.15) is 5.26 Å². The van der Waals surface area contributed by atoms with Crippen molar-refractivity contribution in [2.45, 2.75) is 24.0 Å². The van der Waals surface area contributed by atoms with Crippen molar-refractivity contribution in [3.63, 3.8) is 0 Å². The fourth-order valence-electron chi connectivity index (χ4n) is 2.05. The molecule has 0 unspecified atom stereocenters. The molecule has 96 valence electrons. The van der Waals surface area contributed by atoms with Crippen molar-refractivity contribution in [1.29, 1.82) is 5.26 Å². The molecule has 2 aromatic rings. The predicted octanol–water partition coefficient (Wildman–Crippen LogP) is 2.42. The predicted molar refractivity (Wildman–Crippen MR) is 71.1 cm³/mol. The number of hydrogen-bond donors (Lipinski definition) is 1. The Morgan fingerprint density at radius 2 is 2.37 bits per heavy atom. The Morgan fingerprint density at radius 1 is 1.58 bits per heavy atom. The van der Waals surface area contributed by atoms with E-state index in [0.717, 1.165) is 29.0 Å². The van der Waals surface area contributed by atoms with Gasteiger partial charge in [-0.05, 0) is 31.0 Å². The van der Waals surface area contributed by atoms with Crippen LogP contribution in [0.1, 0.15) is 24.4 Å². The zero-order valence-electron chi connectivity index (χ0n) is 10.0. The molecule has 1 heterocycles. The lowest BCUT2D eigenvalue weighted by molar-refractivity contribution is -0.133. The molecular formula is C13H11N3O2S. The monoisotopic (exact) mass is 273 g/mol. The second-order valence-corrected chi connectivity index (χ2v) is 5.44. The van der Waals surface area contributed by atoms with Crippen LogP contribution < -0.4 is 0 Å². The highest BCUT2D eigenvalue weighted by molar-refractivity contribution is 7.99. The average molecular weight is 273 g/mol. The molecule has 0 spiro atoms. The van der Waals surface area contributed by atoms with Crippen molar-refractivity contribution in [1.82, 2.24) is 9.55 Å². The first-order valence-electron chi connectivity index (χ1n) is 5.95. The molecule has 1 saturated carbocycles. The molecule has 3 rings (SSSR count). The topological polar surface area (TPSA) is 78.9 Å². The molecule has 0 atom stereocenters. The van der Waals surface area contributed by atoms with Crippen LogP contribution >= 0.6 is 11.8 Å². The molecule has 1 aliphatic rings. The maximum atomic E-state index is 10.7. The van der Waals surface area contributed by atoms with Gasteiger partial charge in [0.2, 0.25) is 0 Å². The first-order chi connectivity index (χ1) is 9.19. The van der Waals surface area contributed by atoms with E-state index in [1.54, 1.807) is 6.07 Å². The highest BCUT2D eigenvalue weighted by Gasteiger charge is 2.28. The molecule has 1 N–H and O–H groups in total. The molecule has 1 aromatic carbocycles. The molecule has 1 aromatic heterocycles. The van der Waals surface area contributed by atoms with Crippen LogP contribution in [0.25, 0.3) is 11.0 Å². The Hall–Kier alpha value is -2.00. The molecule has 5 nitrogen and oxygen atoms in total. The Morgan fingerprint density at radius 3 is 3.00 bits per heavy atom. The number of nitriles is 1. The number of carboxylic acid groups (broad SMARTS) is 1. The van der Waals surface area contributed by atoms with Gasteiger partial charge in [-0.1, -0.05) is 11.8 Å². The smallest absolute Gasteiger partial charge is 0.313 e. The summed E-state index contributed by atoms with van der Waals surface area (Å²) in [6, 6.07) is 7.90. The quantitative estimate of drug-likeness (QED) is 0.865. The van der Waals surface area contributed by atoms with Crippen molar-refractivity contribution in [2.24, 2.45) is 0 Å². The first kappa shape index (κ1) is 12.1. The summed E-state index contributed by atoms with van der Waals surface area (Å²) in [5.41, 5.74) is 2.34. The third-order valence-corrected chi connectivity index (χ3v) is 3.96. The first-order valence-corrected chi connectivity index (χ1v) is 6.94. The summed E-state index contributed by atoms with van der Waals surface area (Å²) in [6.45, 7) is 0. The summed E-state index contributed by atoms with van der Waals surface area (Å²) in [7, 11) is 0. The fraction of sp³-hybridized carbons (Fsp3) is 0.308. The fourth-order valence-corrected chi connectivity index (χ4v) is 2.86. The van der Waals surface area contributed by atoms with Crippen molar-refractivity contribution in [2.75, 3.05) is 5.75 Å². The number of nitrogens with zero attached hydrogens (tertiary/aromatic N) is 3. The number of carboxylic acids is 1. The van der Waals surface area contributed by atoms with Crippen molar-refractivity contribution < 1.29 is 9.90 Å². The van der Waals surface area contributed by atoms with E-state index in [-0.39, 0.29) is 5.75 Å². The van der Waals surface area contributed by atoms with Crippen LogP contribution in [0.4, 0.5) is 0 Å². The minimum Gasteiger partial charge on any atom is -0.481 e. The second-order valence-electron chi connectivity index (χ2n) is 4.49. The van der Waals surface area contributed by atoms with E-state index in [9.17, 15) is 4.79 Å². The zero-order valence-corrected chi connectivity index (χ0v) is 10.9. The lowest BCUT2D eigenvalue weighted by Gasteiger charge is -2.05. The van der Waals surface area contributed by atoms with Crippen molar-refractivity contribution in [3.05, 3.63) is 23.8 Å². The van der Waals surface area contributed by atoms with Crippen LogP contribution in [0.3, 0.4) is 0 Å². The standard InChI is InChI=1S/C13H11N3O2S/c14-6-8-1-4-10-11(5-8)16(9-2-3-9)13(15-10)19-7-12(17)18/h1,4-5,9H,2-3,7H2,(H,17,18). The number of rotatable bonds is 4. The van der Waals surface area contributed by atoms with Gasteiger partial charge >= 0.3 is 5.97 Å². The average Bonchev–Trinajstić information content (AvgIpc) is 3.16. The number of aliphatic carboxylic acids is 1. The largest absolute Gasteiger partial charge is 0.481 e. The Kier molecular flexibility index (Phi) is 2.91. The van der Waals surface area contributed by atoms with Crippen LogP contribution in [-0.4, -0.2) is 26.4 Å². The molecule has 0 radical (unpaired) electrons. The molecule has 1 aliphatic carbocycles. The summed E-state index contributed by atoms with van der Waals surface area (Å²) >= 11 is 1.23. The van der Waals surface area contributed by atoms with E-state index >= 15 is 0 Å². The van der Waals surface area contributed by atoms with E-state index in [1.165, 1.54) is 11.8 Å². The molecule has 19 heavy (non-hydrogen) atoms. The van der Waals surface area contributed by atoms with Crippen LogP contribution in [-0.2, 0) is 4.79 Å². The van der Waals surface area contributed by atoms with Gasteiger partial charge in [0.15, 0.2) is 5.16 Å². The molecule has 0 amide bonds. The number of aromatic nitrogens is 2. The second kappa shape index (κ2) is 4.59. The van der Waals surface area contributed by atoms with Crippen LogP contribution in [0.15, 0.2) is 23.4 Å². The lowest BCUT2D eigenvalue weighted by Crippen LogP contribution is -2.01. The van der Waals surface area contributed by atoms with E-state index in [2.05, 4.69) is 15.6 Å². The van der Waals surface area contributed by atoms with Crippen LogP contribution in [0.2, 0.25) is 0 Å². The Balaban J connectivity index is 2.08. The highest BCUT2D eigenvalue weighted by atomic mass is 32.2. The van der Waals surface area contributed by atoms with Gasteiger partial charge < -0.3 is 9.67 Å². The molecule has 1 fully saturated rings. The maximum Gasteiger partial charge on any atom is 0.313 e. The van der Waals surface area contributed by atoms with Gasteiger partial charge in [0.1, 0.15) is 0 Å². The molecule has 0 saturated heterocycles. The van der Waals surface area contributed by atoms with Gasteiger partial charge in [-0.3, -0.25) is 4.79 Å². The minimum atomic E-state index is -0.850. The summed E-state index contributed by atoms with van der Waals surface area (Å²) < 4.78 is 2.07. The van der Waals surface area contributed by atoms with Crippen molar-refractivity contribution >= 4 is 28.8 Å². The number of hydrogen-bond acceptors (Lipinski definition) is 4. The van der Waals surface area contributed by atoms with Crippen LogP contribution in [0.5, 0.6) is 0 Å². The Bertz CT molecular complexity index is 698. The van der Waals surface area contributed by atoms with Gasteiger partial charge in [-0.15, -0.1) is 0 Å². The number of benzene rings is 1. The summed E-state index contributed by atoms with van der Waals surface area (Å²) in [5.74, 6) is -0.849. The van der Waals surface area contributed by atoms with Gasteiger partial charge in [0.05, 0.1) is 28.4 Å². The third-order valence-electron chi connectivity index (χ3n) is 3.02.